The van der Waals surface area contributed by atoms with E-state index in [4.69, 9.17) is 5.11 Å². The Hall–Kier alpha value is -0.890. The van der Waals surface area contributed by atoms with Crippen molar-refractivity contribution in [1.82, 2.24) is 0 Å². The van der Waals surface area contributed by atoms with Crippen molar-refractivity contribution >= 4 is 0 Å². The molecule has 0 atom stereocenters. The number of aryl methyl sites for hydroxylation is 2. The van der Waals surface area contributed by atoms with Crippen molar-refractivity contribution < 1.29 is 9.67 Å². The fraction of sp³-hybridized carbons (Fsp3) is 0.444. The summed E-state index contributed by atoms with van der Waals surface area (Å²) in [6.07, 6.45) is 4.91. The van der Waals surface area contributed by atoms with Gasteiger partial charge < -0.3 is 5.11 Å². The monoisotopic (exact) mass is 152 g/mol. The summed E-state index contributed by atoms with van der Waals surface area (Å²) in [4.78, 5) is 0. The van der Waals surface area contributed by atoms with Crippen LogP contribution in [-0.4, -0.2) is 5.11 Å². The molecule has 11 heavy (non-hydrogen) atoms. The third-order valence-electron chi connectivity index (χ3n) is 1.88. The molecule has 0 aliphatic carbocycles. The lowest BCUT2D eigenvalue weighted by molar-refractivity contribution is -0.730. The predicted octanol–water partition coefficient (Wildman–Crippen LogP) is 0.795. The summed E-state index contributed by atoms with van der Waals surface area (Å²) >= 11 is 0. The third kappa shape index (κ3) is 1.77. The molecule has 2 nitrogen and oxygen atoms in total. The SMILES string of the molecule is CCc1cc[n+](CO)cc1C. The fourth-order valence-corrected chi connectivity index (χ4v) is 1.18. The molecule has 1 N–H and O–H groups in total. The molecule has 0 radical (unpaired) electrons. The summed E-state index contributed by atoms with van der Waals surface area (Å²) in [5.41, 5.74) is 2.58. The Morgan fingerprint density at radius 3 is 2.73 bits per heavy atom. The summed E-state index contributed by atoms with van der Waals surface area (Å²) in [5, 5.41) is 8.79. The van der Waals surface area contributed by atoms with Crippen molar-refractivity contribution in [3.8, 4) is 0 Å². The highest BCUT2D eigenvalue weighted by Crippen LogP contribution is 2.03. The van der Waals surface area contributed by atoms with Crippen molar-refractivity contribution in [1.29, 1.82) is 0 Å². The first-order chi connectivity index (χ1) is 5.27. The second-order valence-corrected chi connectivity index (χ2v) is 2.66. The zero-order valence-electron chi connectivity index (χ0n) is 7.04. The van der Waals surface area contributed by atoms with E-state index in [2.05, 4.69) is 13.8 Å². The summed E-state index contributed by atoms with van der Waals surface area (Å²) in [6, 6.07) is 2.05. The van der Waals surface area contributed by atoms with Crippen molar-refractivity contribution in [3.05, 3.63) is 29.6 Å². The first kappa shape index (κ1) is 8.21. The number of nitrogens with zero attached hydrogens (tertiary/aromatic N) is 1. The van der Waals surface area contributed by atoms with Crippen LogP contribution in [0.2, 0.25) is 0 Å². The van der Waals surface area contributed by atoms with Gasteiger partial charge in [0.2, 0.25) is 6.73 Å². The molecule has 0 unspecified atom stereocenters. The number of hydrogen-bond acceptors (Lipinski definition) is 1. The van der Waals surface area contributed by atoms with Crippen molar-refractivity contribution in [2.45, 2.75) is 27.0 Å². The molecular formula is C9H14NO+. The number of aliphatic hydroxyl groups excluding tert-OH is 1. The Morgan fingerprint density at radius 1 is 1.55 bits per heavy atom. The van der Waals surface area contributed by atoms with Crippen LogP contribution in [0.25, 0.3) is 0 Å². The summed E-state index contributed by atoms with van der Waals surface area (Å²) in [5.74, 6) is 0. The van der Waals surface area contributed by atoms with Crippen LogP contribution >= 0.6 is 0 Å². The van der Waals surface area contributed by atoms with Crippen molar-refractivity contribution in [2.24, 2.45) is 0 Å². The molecule has 1 heterocycles. The molecule has 0 aromatic carbocycles. The van der Waals surface area contributed by atoms with Gasteiger partial charge in [-0.05, 0) is 18.9 Å². The molecule has 0 saturated carbocycles. The second kappa shape index (κ2) is 3.49. The maximum absolute atomic E-state index is 8.79. The van der Waals surface area contributed by atoms with Gasteiger partial charge in [-0.1, -0.05) is 6.92 Å². The molecule has 2 heteroatoms. The lowest BCUT2D eigenvalue weighted by Crippen LogP contribution is -2.33. The molecule has 0 spiro atoms. The molecule has 0 aliphatic rings. The number of aliphatic hydroxyl groups is 1. The fourth-order valence-electron chi connectivity index (χ4n) is 1.18. The van der Waals surface area contributed by atoms with E-state index >= 15 is 0 Å². The van der Waals surface area contributed by atoms with E-state index in [9.17, 15) is 0 Å². The number of rotatable bonds is 2. The summed E-state index contributed by atoms with van der Waals surface area (Å²) < 4.78 is 1.76. The Balaban J connectivity index is 2.99. The van der Waals surface area contributed by atoms with Crippen molar-refractivity contribution in [3.63, 3.8) is 0 Å². The van der Waals surface area contributed by atoms with Gasteiger partial charge in [-0.25, -0.2) is 0 Å². The van der Waals surface area contributed by atoms with Gasteiger partial charge in [0.15, 0.2) is 12.4 Å². The van der Waals surface area contributed by atoms with Crippen LogP contribution in [0.4, 0.5) is 0 Å². The maximum Gasteiger partial charge on any atom is 0.250 e. The zero-order valence-corrected chi connectivity index (χ0v) is 7.04. The maximum atomic E-state index is 8.79. The lowest BCUT2D eigenvalue weighted by Gasteiger charge is -1.99. The summed E-state index contributed by atoms with van der Waals surface area (Å²) in [7, 11) is 0. The normalized spacial score (nSPS) is 10.1. The highest BCUT2D eigenvalue weighted by Gasteiger charge is 2.01. The van der Waals surface area contributed by atoms with Crippen molar-refractivity contribution in [2.75, 3.05) is 0 Å². The minimum Gasteiger partial charge on any atom is -0.339 e. The van der Waals surface area contributed by atoms with Gasteiger partial charge in [-0.3, -0.25) is 0 Å². The highest BCUT2D eigenvalue weighted by molar-refractivity contribution is 5.18. The number of pyridine rings is 1. The molecular weight excluding hydrogens is 138 g/mol. The zero-order chi connectivity index (χ0) is 8.27. The minimum atomic E-state index is 0.0604. The Morgan fingerprint density at radius 2 is 2.27 bits per heavy atom. The first-order valence-corrected chi connectivity index (χ1v) is 3.87. The third-order valence-corrected chi connectivity index (χ3v) is 1.88. The van der Waals surface area contributed by atoms with E-state index in [1.165, 1.54) is 11.1 Å². The molecule has 0 fully saturated rings. The Bertz CT molecular complexity index is 245. The van der Waals surface area contributed by atoms with Crippen LogP contribution in [0.5, 0.6) is 0 Å². The largest absolute Gasteiger partial charge is 0.339 e. The average molecular weight is 152 g/mol. The number of hydrogen-bond donors (Lipinski definition) is 1. The molecule has 1 aromatic heterocycles. The van der Waals surface area contributed by atoms with Gasteiger partial charge in [0.1, 0.15) is 0 Å². The van der Waals surface area contributed by atoms with Crippen LogP contribution in [0.15, 0.2) is 18.5 Å². The molecule has 1 rings (SSSR count). The van der Waals surface area contributed by atoms with Crippen LogP contribution in [0.3, 0.4) is 0 Å². The topological polar surface area (TPSA) is 24.1 Å². The molecule has 60 valence electrons. The highest BCUT2D eigenvalue weighted by atomic mass is 16.3. The lowest BCUT2D eigenvalue weighted by atomic mass is 10.1. The van der Waals surface area contributed by atoms with E-state index < -0.39 is 0 Å². The van der Waals surface area contributed by atoms with Gasteiger partial charge in [0.05, 0.1) is 0 Å². The van der Waals surface area contributed by atoms with E-state index in [0.29, 0.717) is 0 Å². The van der Waals surface area contributed by atoms with Crippen LogP contribution in [0.1, 0.15) is 18.1 Å². The van der Waals surface area contributed by atoms with E-state index in [1.807, 2.05) is 18.5 Å². The smallest absolute Gasteiger partial charge is 0.250 e. The molecule has 0 bridgehead atoms. The quantitative estimate of drug-likeness (QED) is 0.622. The van der Waals surface area contributed by atoms with E-state index in [0.717, 1.165) is 6.42 Å². The molecule has 0 saturated heterocycles. The van der Waals surface area contributed by atoms with Gasteiger partial charge in [0, 0.05) is 11.6 Å². The number of aromatic nitrogens is 1. The minimum absolute atomic E-state index is 0.0604. The Labute approximate surface area is 67.1 Å². The second-order valence-electron chi connectivity index (χ2n) is 2.66. The van der Waals surface area contributed by atoms with E-state index in [-0.39, 0.29) is 6.73 Å². The van der Waals surface area contributed by atoms with Crippen LogP contribution in [-0.2, 0) is 13.2 Å². The summed E-state index contributed by atoms with van der Waals surface area (Å²) in [6.45, 7) is 4.25. The first-order valence-electron chi connectivity index (χ1n) is 3.87. The predicted molar refractivity (Wildman–Crippen MR) is 43.0 cm³/mol. The van der Waals surface area contributed by atoms with Gasteiger partial charge in [-0.15, -0.1) is 0 Å². The van der Waals surface area contributed by atoms with Crippen LogP contribution in [0, 0.1) is 6.92 Å². The molecule has 0 amide bonds. The van der Waals surface area contributed by atoms with Gasteiger partial charge >= 0.3 is 0 Å². The Kier molecular flexibility index (Phi) is 2.60. The van der Waals surface area contributed by atoms with Crippen LogP contribution < -0.4 is 4.57 Å². The van der Waals surface area contributed by atoms with E-state index in [1.54, 1.807) is 4.57 Å². The molecule has 0 aliphatic heterocycles. The molecule has 1 aromatic rings. The average Bonchev–Trinajstić information content (AvgIpc) is 2.04. The van der Waals surface area contributed by atoms with Gasteiger partial charge in [-0.2, -0.15) is 4.57 Å². The van der Waals surface area contributed by atoms with Gasteiger partial charge in [0.25, 0.3) is 0 Å². The standard InChI is InChI=1S/C9H14NO/c1-3-9-4-5-10(7-11)6-8(9)2/h4-6,11H,3,7H2,1-2H3/q+1.